The van der Waals surface area contributed by atoms with Crippen LogP contribution in [0.1, 0.15) is 11.5 Å². The van der Waals surface area contributed by atoms with Crippen LogP contribution in [0.5, 0.6) is 5.75 Å². The van der Waals surface area contributed by atoms with Crippen molar-refractivity contribution in [2.75, 3.05) is 7.11 Å². The molecule has 3 aromatic rings. The zero-order valence-electron chi connectivity index (χ0n) is 13.0. The second kappa shape index (κ2) is 6.48. The molecule has 23 heavy (non-hydrogen) atoms. The van der Waals surface area contributed by atoms with Gasteiger partial charge in [-0.05, 0) is 24.1 Å². The molecule has 0 aliphatic heterocycles. The summed E-state index contributed by atoms with van der Waals surface area (Å²) in [5.41, 5.74) is 1.77. The number of ether oxygens (including phenoxy) is 1. The van der Waals surface area contributed by atoms with Gasteiger partial charge in [-0.15, -0.1) is 0 Å². The molecular weight excluding hydrogens is 294 g/mol. The summed E-state index contributed by atoms with van der Waals surface area (Å²) < 4.78 is 12.1. The third-order valence-electron chi connectivity index (χ3n) is 3.61. The molecule has 118 valence electrons. The number of aryl methyl sites for hydroxylation is 3. The number of rotatable bonds is 5. The number of hydrogen-bond donors (Lipinski definition) is 0. The molecule has 0 bridgehead atoms. The molecule has 6 nitrogen and oxygen atoms in total. The van der Waals surface area contributed by atoms with E-state index in [1.807, 2.05) is 24.3 Å². The van der Waals surface area contributed by atoms with Crippen molar-refractivity contribution in [2.45, 2.75) is 12.8 Å². The molecule has 0 saturated carbocycles. The maximum absolute atomic E-state index is 11.4. The van der Waals surface area contributed by atoms with Gasteiger partial charge in [-0.1, -0.05) is 23.4 Å². The van der Waals surface area contributed by atoms with Crippen LogP contribution < -0.4 is 10.3 Å². The van der Waals surface area contributed by atoms with Gasteiger partial charge in [0, 0.05) is 31.3 Å². The van der Waals surface area contributed by atoms with Crippen LogP contribution in [-0.4, -0.2) is 21.8 Å². The number of aromatic nitrogens is 3. The van der Waals surface area contributed by atoms with Gasteiger partial charge >= 0.3 is 0 Å². The summed E-state index contributed by atoms with van der Waals surface area (Å²) in [5.74, 6) is 1.89. The molecule has 0 saturated heterocycles. The molecule has 0 aliphatic carbocycles. The van der Waals surface area contributed by atoms with Gasteiger partial charge in [-0.2, -0.15) is 4.98 Å². The number of methoxy groups -OCH3 is 1. The quantitative estimate of drug-likeness (QED) is 0.722. The minimum Gasteiger partial charge on any atom is -0.496 e. The Morgan fingerprint density at radius 2 is 2.00 bits per heavy atom. The molecule has 0 spiro atoms. The molecule has 2 aromatic heterocycles. The van der Waals surface area contributed by atoms with Crippen molar-refractivity contribution in [2.24, 2.45) is 7.05 Å². The van der Waals surface area contributed by atoms with Gasteiger partial charge < -0.3 is 13.8 Å². The van der Waals surface area contributed by atoms with E-state index in [9.17, 15) is 4.79 Å². The highest BCUT2D eigenvalue weighted by Gasteiger charge is 2.10. The fraction of sp³-hybridized carbons (Fsp3) is 0.235. The lowest BCUT2D eigenvalue weighted by molar-refractivity contribution is 0.376. The molecular formula is C17H17N3O3. The van der Waals surface area contributed by atoms with E-state index in [0.29, 0.717) is 18.1 Å². The van der Waals surface area contributed by atoms with Gasteiger partial charge in [0.15, 0.2) is 0 Å². The molecule has 0 N–H and O–H groups in total. The van der Waals surface area contributed by atoms with Crippen LogP contribution in [0.15, 0.2) is 51.9 Å². The van der Waals surface area contributed by atoms with Crippen LogP contribution >= 0.6 is 0 Å². The molecule has 0 fully saturated rings. The highest BCUT2D eigenvalue weighted by atomic mass is 16.5. The average molecular weight is 311 g/mol. The van der Waals surface area contributed by atoms with E-state index in [2.05, 4.69) is 10.1 Å². The van der Waals surface area contributed by atoms with Gasteiger partial charge in [-0.3, -0.25) is 4.79 Å². The van der Waals surface area contributed by atoms with Gasteiger partial charge in [-0.25, -0.2) is 0 Å². The summed E-state index contributed by atoms with van der Waals surface area (Å²) in [6, 6.07) is 11.0. The lowest BCUT2D eigenvalue weighted by atomic mass is 10.1. The Hall–Kier alpha value is -2.89. The van der Waals surface area contributed by atoms with Crippen molar-refractivity contribution < 1.29 is 9.26 Å². The highest BCUT2D eigenvalue weighted by molar-refractivity contribution is 5.52. The Morgan fingerprint density at radius 3 is 2.78 bits per heavy atom. The maximum atomic E-state index is 11.4. The van der Waals surface area contributed by atoms with Gasteiger partial charge in [0.05, 0.1) is 7.11 Å². The van der Waals surface area contributed by atoms with Gasteiger partial charge in [0.1, 0.15) is 5.75 Å². The second-order valence-corrected chi connectivity index (χ2v) is 5.19. The smallest absolute Gasteiger partial charge is 0.250 e. The van der Waals surface area contributed by atoms with Crippen molar-refractivity contribution >= 4 is 0 Å². The van der Waals surface area contributed by atoms with Crippen LogP contribution in [-0.2, 0) is 19.9 Å². The normalized spacial score (nSPS) is 10.7. The van der Waals surface area contributed by atoms with E-state index in [4.69, 9.17) is 9.26 Å². The number of benzene rings is 1. The van der Waals surface area contributed by atoms with Crippen LogP contribution in [0.2, 0.25) is 0 Å². The van der Waals surface area contributed by atoms with E-state index < -0.39 is 0 Å². The Morgan fingerprint density at radius 1 is 1.17 bits per heavy atom. The zero-order chi connectivity index (χ0) is 16.2. The molecule has 0 atom stereocenters. The Kier molecular flexibility index (Phi) is 4.23. The van der Waals surface area contributed by atoms with E-state index in [-0.39, 0.29) is 5.56 Å². The summed E-state index contributed by atoms with van der Waals surface area (Å²) in [4.78, 5) is 15.8. The molecule has 0 aliphatic rings. The highest BCUT2D eigenvalue weighted by Crippen LogP contribution is 2.20. The maximum Gasteiger partial charge on any atom is 0.250 e. The van der Waals surface area contributed by atoms with E-state index in [0.717, 1.165) is 23.3 Å². The predicted molar refractivity (Wildman–Crippen MR) is 85.4 cm³/mol. The Labute approximate surface area is 133 Å². The first-order valence-electron chi connectivity index (χ1n) is 7.29. The fourth-order valence-electron chi connectivity index (χ4n) is 2.35. The number of hydrogen-bond acceptors (Lipinski definition) is 5. The third-order valence-corrected chi connectivity index (χ3v) is 3.61. The summed E-state index contributed by atoms with van der Waals surface area (Å²) in [6.07, 6.45) is 3.06. The largest absolute Gasteiger partial charge is 0.496 e. The van der Waals surface area contributed by atoms with E-state index in [1.54, 1.807) is 26.4 Å². The molecule has 2 heterocycles. The fourth-order valence-corrected chi connectivity index (χ4v) is 2.35. The second-order valence-electron chi connectivity index (χ2n) is 5.19. The predicted octanol–water partition coefficient (Wildman–Crippen LogP) is 2.23. The minimum absolute atomic E-state index is 0.0753. The average Bonchev–Trinajstić information content (AvgIpc) is 3.04. The summed E-state index contributed by atoms with van der Waals surface area (Å²) in [7, 11) is 3.35. The van der Waals surface area contributed by atoms with Gasteiger partial charge in [0.25, 0.3) is 0 Å². The number of pyridine rings is 1. The minimum atomic E-state index is -0.0753. The zero-order valence-corrected chi connectivity index (χ0v) is 13.0. The van der Waals surface area contributed by atoms with Crippen molar-refractivity contribution in [1.29, 1.82) is 0 Å². The first kappa shape index (κ1) is 15.0. The lowest BCUT2D eigenvalue weighted by Gasteiger charge is -2.06. The van der Waals surface area contributed by atoms with Crippen molar-refractivity contribution in [1.82, 2.24) is 14.7 Å². The van der Waals surface area contributed by atoms with Crippen molar-refractivity contribution in [3.63, 3.8) is 0 Å². The van der Waals surface area contributed by atoms with Crippen LogP contribution in [0.3, 0.4) is 0 Å². The molecule has 1 aromatic carbocycles. The Balaban J connectivity index is 1.74. The monoisotopic (exact) mass is 311 g/mol. The first-order valence-corrected chi connectivity index (χ1v) is 7.29. The Bertz CT molecular complexity index is 867. The summed E-state index contributed by atoms with van der Waals surface area (Å²) >= 11 is 0. The van der Waals surface area contributed by atoms with Crippen LogP contribution in [0.25, 0.3) is 11.4 Å². The number of nitrogens with zero attached hydrogens (tertiary/aromatic N) is 3. The lowest BCUT2D eigenvalue weighted by Crippen LogP contribution is -2.14. The molecule has 6 heteroatoms. The first-order chi connectivity index (χ1) is 11.2. The van der Waals surface area contributed by atoms with Crippen molar-refractivity contribution in [3.05, 3.63) is 64.4 Å². The molecule has 3 rings (SSSR count). The standard InChI is InChI=1S/C17H17N3O3/c1-20-11-13(8-10-16(20)21)17-18-15(23-19-17)9-7-12-5-3-4-6-14(12)22-2/h3-6,8,10-11H,7,9H2,1-2H3. The number of para-hydroxylation sites is 1. The third kappa shape index (κ3) is 3.31. The summed E-state index contributed by atoms with van der Waals surface area (Å²) in [5, 5.41) is 3.98. The van der Waals surface area contributed by atoms with Crippen LogP contribution in [0.4, 0.5) is 0 Å². The van der Waals surface area contributed by atoms with E-state index >= 15 is 0 Å². The van der Waals surface area contributed by atoms with Gasteiger partial charge in [0.2, 0.25) is 17.3 Å². The molecule has 0 unspecified atom stereocenters. The molecule has 0 amide bonds. The SMILES string of the molecule is COc1ccccc1CCc1nc(-c2ccc(=O)n(C)c2)no1. The molecule has 0 radical (unpaired) electrons. The van der Waals surface area contributed by atoms with E-state index in [1.165, 1.54) is 10.6 Å². The van der Waals surface area contributed by atoms with Crippen LogP contribution in [0, 0.1) is 0 Å². The van der Waals surface area contributed by atoms with Crippen molar-refractivity contribution in [3.8, 4) is 17.1 Å². The topological polar surface area (TPSA) is 70.2 Å². The summed E-state index contributed by atoms with van der Waals surface area (Å²) in [6.45, 7) is 0.